The first-order valence-electron chi connectivity index (χ1n) is 5.82. The summed E-state index contributed by atoms with van der Waals surface area (Å²) in [5, 5.41) is 3.49. The van der Waals surface area contributed by atoms with E-state index in [1.54, 1.807) is 0 Å². The first-order valence-corrected chi connectivity index (χ1v) is 6.69. The molecule has 0 radical (unpaired) electrons. The van der Waals surface area contributed by atoms with E-state index in [2.05, 4.69) is 41.6 Å². The standard InChI is InChI=1S/C14H15NS/c1-10-9-16-14(15-10)13-7-6-11-4-2-3-5-12(11)8-13/h2-5,9,13H,6-8H2,1H3. The van der Waals surface area contributed by atoms with Crippen LogP contribution in [0, 0.1) is 6.92 Å². The summed E-state index contributed by atoms with van der Waals surface area (Å²) >= 11 is 1.82. The monoisotopic (exact) mass is 229 g/mol. The highest BCUT2D eigenvalue weighted by Crippen LogP contribution is 2.33. The first kappa shape index (κ1) is 10.0. The van der Waals surface area contributed by atoms with E-state index in [4.69, 9.17) is 0 Å². The Morgan fingerprint density at radius 1 is 1.25 bits per heavy atom. The molecule has 2 heteroatoms. The van der Waals surface area contributed by atoms with Crippen molar-refractivity contribution in [2.45, 2.75) is 32.1 Å². The molecule has 0 N–H and O–H groups in total. The lowest BCUT2D eigenvalue weighted by Crippen LogP contribution is -2.12. The number of fused-ring (bicyclic) bond motifs is 1. The molecule has 0 aliphatic heterocycles. The zero-order chi connectivity index (χ0) is 11.0. The maximum atomic E-state index is 4.63. The molecule has 1 heterocycles. The molecule has 1 aliphatic rings. The fourth-order valence-corrected chi connectivity index (χ4v) is 3.40. The summed E-state index contributed by atoms with van der Waals surface area (Å²) in [4.78, 5) is 4.63. The molecule has 0 saturated carbocycles. The first-order chi connectivity index (χ1) is 7.83. The third-order valence-corrected chi connectivity index (χ3v) is 4.46. The van der Waals surface area contributed by atoms with Crippen LogP contribution in [0.1, 0.15) is 34.2 Å². The Hall–Kier alpha value is -1.15. The van der Waals surface area contributed by atoms with E-state index in [0.29, 0.717) is 5.92 Å². The lowest BCUT2D eigenvalue weighted by Gasteiger charge is -2.22. The van der Waals surface area contributed by atoms with Crippen LogP contribution in [-0.4, -0.2) is 4.98 Å². The number of aromatic nitrogens is 1. The van der Waals surface area contributed by atoms with Gasteiger partial charge in [-0.3, -0.25) is 0 Å². The molecule has 16 heavy (non-hydrogen) atoms. The molecule has 3 rings (SSSR count). The number of nitrogens with zero attached hydrogens (tertiary/aromatic N) is 1. The molecule has 1 nitrogen and oxygen atoms in total. The number of benzene rings is 1. The number of hydrogen-bond acceptors (Lipinski definition) is 2. The van der Waals surface area contributed by atoms with Crippen molar-refractivity contribution in [2.24, 2.45) is 0 Å². The molecule has 1 aromatic heterocycles. The molecule has 1 aliphatic carbocycles. The third-order valence-electron chi connectivity index (χ3n) is 3.33. The van der Waals surface area contributed by atoms with Crippen LogP contribution in [0.4, 0.5) is 0 Å². The quantitative estimate of drug-likeness (QED) is 0.726. The average molecular weight is 229 g/mol. The van der Waals surface area contributed by atoms with Gasteiger partial charge in [0.15, 0.2) is 0 Å². The number of thiazole rings is 1. The minimum Gasteiger partial charge on any atom is -0.246 e. The molecular weight excluding hydrogens is 214 g/mol. The van der Waals surface area contributed by atoms with Crippen LogP contribution in [0.25, 0.3) is 0 Å². The van der Waals surface area contributed by atoms with Gasteiger partial charge in [-0.15, -0.1) is 11.3 Å². The molecule has 1 unspecified atom stereocenters. The summed E-state index contributed by atoms with van der Waals surface area (Å²) in [6.45, 7) is 2.08. The van der Waals surface area contributed by atoms with Crippen molar-refractivity contribution in [1.82, 2.24) is 4.98 Å². The fraction of sp³-hybridized carbons (Fsp3) is 0.357. The lowest BCUT2D eigenvalue weighted by atomic mass is 9.84. The fourth-order valence-electron chi connectivity index (χ4n) is 2.47. The Balaban J connectivity index is 1.88. The van der Waals surface area contributed by atoms with Crippen molar-refractivity contribution in [1.29, 1.82) is 0 Å². The van der Waals surface area contributed by atoms with Gasteiger partial charge < -0.3 is 0 Å². The maximum absolute atomic E-state index is 4.63. The van der Waals surface area contributed by atoms with Crippen LogP contribution in [0.15, 0.2) is 29.6 Å². The summed E-state index contributed by atoms with van der Waals surface area (Å²) in [6, 6.07) is 8.82. The molecule has 0 fully saturated rings. The molecule has 0 saturated heterocycles. The Bertz CT molecular complexity index is 501. The minimum atomic E-state index is 0.647. The van der Waals surface area contributed by atoms with Crippen molar-refractivity contribution in [3.8, 4) is 0 Å². The lowest BCUT2D eigenvalue weighted by molar-refractivity contribution is 0.581. The molecule has 0 bridgehead atoms. The van der Waals surface area contributed by atoms with E-state index in [9.17, 15) is 0 Å². The van der Waals surface area contributed by atoms with E-state index in [-0.39, 0.29) is 0 Å². The van der Waals surface area contributed by atoms with Gasteiger partial charge in [0.05, 0.1) is 5.01 Å². The summed E-state index contributed by atoms with van der Waals surface area (Å²) in [5.74, 6) is 0.647. The van der Waals surface area contributed by atoms with Gasteiger partial charge in [0.2, 0.25) is 0 Å². The van der Waals surface area contributed by atoms with Crippen LogP contribution in [0.2, 0.25) is 0 Å². The molecule has 1 atom stereocenters. The minimum absolute atomic E-state index is 0.647. The van der Waals surface area contributed by atoms with Gasteiger partial charge in [0.25, 0.3) is 0 Å². The van der Waals surface area contributed by atoms with Crippen molar-refractivity contribution in [3.63, 3.8) is 0 Å². The predicted octanol–water partition coefficient (Wildman–Crippen LogP) is 3.72. The van der Waals surface area contributed by atoms with Crippen LogP contribution in [0.3, 0.4) is 0 Å². The Morgan fingerprint density at radius 3 is 2.81 bits per heavy atom. The highest BCUT2D eigenvalue weighted by Gasteiger charge is 2.21. The Morgan fingerprint density at radius 2 is 2.06 bits per heavy atom. The summed E-state index contributed by atoms with van der Waals surface area (Å²) in [7, 11) is 0. The smallest absolute Gasteiger partial charge is 0.0962 e. The van der Waals surface area contributed by atoms with Gasteiger partial charge in [-0.2, -0.15) is 0 Å². The highest BCUT2D eigenvalue weighted by atomic mass is 32.1. The normalized spacial score (nSPS) is 19.4. The average Bonchev–Trinajstić information content (AvgIpc) is 2.75. The zero-order valence-corrected chi connectivity index (χ0v) is 10.3. The molecule has 0 spiro atoms. The van der Waals surface area contributed by atoms with Crippen LogP contribution >= 0.6 is 11.3 Å². The second-order valence-corrected chi connectivity index (χ2v) is 5.43. The Labute approximate surface area is 100 Å². The number of hydrogen-bond donors (Lipinski definition) is 0. The molecular formula is C14H15NS. The highest BCUT2D eigenvalue weighted by molar-refractivity contribution is 7.09. The topological polar surface area (TPSA) is 12.9 Å². The van der Waals surface area contributed by atoms with E-state index in [0.717, 1.165) is 0 Å². The molecule has 0 amide bonds. The second-order valence-electron chi connectivity index (χ2n) is 4.54. The maximum Gasteiger partial charge on any atom is 0.0962 e. The van der Waals surface area contributed by atoms with Crippen molar-refractivity contribution in [3.05, 3.63) is 51.5 Å². The summed E-state index contributed by atoms with van der Waals surface area (Å²) in [6.07, 6.45) is 3.63. The van der Waals surface area contributed by atoms with Crippen molar-refractivity contribution in [2.75, 3.05) is 0 Å². The predicted molar refractivity (Wildman–Crippen MR) is 68.1 cm³/mol. The van der Waals surface area contributed by atoms with Gasteiger partial charge in [-0.25, -0.2) is 4.98 Å². The Kier molecular flexibility index (Phi) is 2.52. The van der Waals surface area contributed by atoms with E-state index in [1.165, 1.54) is 41.1 Å². The van der Waals surface area contributed by atoms with Crippen LogP contribution in [-0.2, 0) is 12.8 Å². The van der Waals surface area contributed by atoms with Crippen molar-refractivity contribution < 1.29 is 0 Å². The van der Waals surface area contributed by atoms with Crippen molar-refractivity contribution >= 4 is 11.3 Å². The van der Waals surface area contributed by atoms with Gasteiger partial charge in [-0.05, 0) is 37.3 Å². The number of rotatable bonds is 1. The van der Waals surface area contributed by atoms with E-state index < -0.39 is 0 Å². The van der Waals surface area contributed by atoms with E-state index in [1.807, 2.05) is 11.3 Å². The summed E-state index contributed by atoms with van der Waals surface area (Å²) in [5.41, 5.74) is 4.22. The summed E-state index contributed by atoms with van der Waals surface area (Å²) < 4.78 is 0. The van der Waals surface area contributed by atoms with Gasteiger partial charge in [0, 0.05) is 17.0 Å². The molecule has 2 aromatic rings. The molecule has 82 valence electrons. The SMILES string of the molecule is Cc1csc(C2CCc3ccccc3C2)n1. The largest absolute Gasteiger partial charge is 0.246 e. The van der Waals surface area contributed by atoms with Gasteiger partial charge in [-0.1, -0.05) is 24.3 Å². The third kappa shape index (κ3) is 1.78. The van der Waals surface area contributed by atoms with E-state index >= 15 is 0 Å². The molecule has 1 aromatic carbocycles. The second kappa shape index (κ2) is 4.02. The van der Waals surface area contributed by atoms with Crippen LogP contribution < -0.4 is 0 Å². The van der Waals surface area contributed by atoms with Gasteiger partial charge in [0.1, 0.15) is 0 Å². The van der Waals surface area contributed by atoms with Crippen LogP contribution in [0.5, 0.6) is 0 Å². The number of aryl methyl sites for hydroxylation is 2. The zero-order valence-electron chi connectivity index (χ0n) is 9.44. The van der Waals surface area contributed by atoms with Gasteiger partial charge >= 0.3 is 0 Å².